The first-order chi connectivity index (χ1) is 5.95. The van der Waals surface area contributed by atoms with Crippen molar-refractivity contribution in [3.63, 3.8) is 0 Å². The number of carboxylic acids is 1. The molecule has 1 aromatic rings. The summed E-state index contributed by atoms with van der Waals surface area (Å²) in [5.41, 5.74) is -0.0134. The lowest BCUT2D eigenvalue weighted by Gasteiger charge is -2.06. The van der Waals surface area contributed by atoms with Gasteiger partial charge in [-0.2, -0.15) is 0 Å². The number of benzene rings is 1. The minimum Gasteiger partial charge on any atom is -0.506 e. The summed E-state index contributed by atoms with van der Waals surface area (Å²) < 4.78 is 0. The van der Waals surface area contributed by atoms with Crippen LogP contribution >= 0.6 is 11.6 Å². The first kappa shape index (κ1) is 9.67. The molecular formula is C8H7ClO4. The Morgan fingerprint density at radius 3 is 2.38 bits per heavy atom. The highest BCUT2D eigenvalue weighted by molar-refractivity contribution is 6.34. The number of hydrogen-bond donors (Lipinski definition) is 3. The van der Waals surface area contributed by atoms with Crippen LogP contribution in [-0.4, -0.2) is 21.3 Å². The first-order valence-corrected chi connectivity index (χ1v) is 3.77. The minimum atomic E-state index is -1.29. The van der Waals surface area contributed by atoms with Gasteiger partial charge in [-0.3, -0.25) is 0 Å². The second kappa shape index (κ2) is 3.14. The summed E-state index contributed by atoms with van der Waals surface area (Å²) in [7, 11) is 0. The minimum absolute atomic E-state index is 0.302. The summed E-state index contributed by atoms with van der Waals surface area (Å²) in [6.45, 7) is 1.49. The lowest BCUT2D eigenvalue weighted by atomic mass is 10.1. The van der Waals surface area contributed by atoms with Crippen LogP contribution < -0.4 is 0 Å². The molecule has 5 heteroatoms. The van der Waals surface area contributed by atoms with Gasteiger partial charge in [0.15, 0.2) is 5.75 Å². The summed E-state index contributed by atoms with van der Waals surface area (Å²) >= 11 is 5.47. The average molecular weight is 203 g/mol. The number of hydrogen-bond acceptors (Lipinski definition) is 3. The number of carbonyl (C=O) groups is 1. The van der Waals surface area contributed by atoms with Crippen LogP contribution in [0.1, 0.15) is 15.9 Å². The van der Waals surface area contributed by atoms with Crippen LogP contribution in [0.2, 0.25) is 5.02 Å². The Balaban J connectivity index is 3.50. The molecule has 0 aromatic heterocycles. The maximum Gasteiger partial charge on any atom is 0.339 e. The number of phenols is 2. The maximum atomic E-state index is 10.5. The van der Waals surface area contributed by atoms with E-state index in [9.17, 15) is 15.0 Å². The predicted octanol–water partition coefficient (Wildman–Crippen LogP) is 1.76. The Labute approximate surface area is 79.0 Å². The second-order valence-corrected chi connectivity index (χ2v) is 2.94. The Kier molecular flexibility index (Phi) is 2.34. The smallest absolute Gasteiger partial charge is 0.339 e. The zero-order valence-corrected chi connectivity index (χ0v) is 7.46. The van der Waals surface area contributed by atoms with Crippen LogP contribution in [0, 0.1) is 6.92 Å². The Morgan fingerprint density at radius 1 is 1.38 bits per heavy atom. The van der Waals surface area contributed by atoms with Gasteiger partial charge in [0.05, 0.1) is 0 Å². The van der Waals surface area contributed by atoms with E-state index in [-0.39, 0.29) is 16.3 Å². The normalized spacial score (nSPS) is 10.0. The van der Waals surface area contributed by atoms with Crippen LogP contribution in [0.15, 0.2) is 6.07 Å². The molecule has 13 heavy (non-hydrogen) atoms. The third-order valence-corrected chi connectivity index (χ3v) is 1.99. The molecule has 0 saturated carbocycles. The molecule has 1 rings (SSSR count). The van der Waals surface area contributed by atoms with Crippen LogP contribution in [-0.2, 0) is 0 Å². The zero-order chi connectivity index (χ0) is 10.2. The Morgan fingerprint density at radius 2 is 1.92 bits per heavy atom. The predicted molar refractivity (Wildman–Crippen MR) is 46.5 cm³/mol. The summed E-state index contributed by atoms with van der Waals surface area (Å²) in [6, 6.07) is 1.15. The molecule has 70 valence electrons. The number of aromatic hydroxyl groups is 2. The van der Waals surface area contributed by atoms with E-state index in [0.717, 1.165) is 6.07 Å². The van der Waals surface area contributed by atoms with Gasteiger partial charge in [-0.05, 0) is 18.6 Å². The number of aryl methyl sites for hydroxylation is 1. The largest absolute Gasteiger partial charge is 0.506 e. The van der Waals surface area contributed by atoms with Crippen molar-refractivity contribution in [3.8, 4) is 11.5 Å². The summed E-state index contributed by atoms with van der Waals surface area (Å²) in [6.07, 6.45) is 0. The molecule has 0 atom stereocenters. The van der Waals surface area contributed by atoms with E-state index in [4.69, 9.17) is 16.7 Å². The van der Waals surface area contributed by atoms with E-state index in [2.05, 4.69) is 0 Å². The van der Waals surface area contributed by atoms with Gasteiger partial charge in [-0.15, -0.1) is 0 Å². The van der Waals surface area contributed by atoms with Crippen molar-refractivity contribution >= 4 is 17.6 Å². The van der Waals surface area contributed by atoms with Gasteiger partial charge < -0.3 is 15.3 Å². The average Bonchev–Trinajstić information content (AvgIpc) is 2.07. The Hall–Kier alpha value is -1.42. The zero-order valence-electron chi connectivity index (χ0n) is 6.71. The lowest BCUT2D eigenvalue weighted by molar-refractivity contribution is 0.0693. The van der Waals surface area contributed by atoms with Gasteiger partial charge in [-0.25, -0.2) is 4.79 Å². The molecule has 0 amide bonds. The first-order valence-electron chi connectivity index (χ1n) is 3.39. The summed E-state index contributed by atoms with van der Waals surface area (Å²) in [5.74, 6) is -2.20. The highest BCUT2D eigenvalue weighted by Gasteiger charge is 2.17. The monoisotopic (exact) mass is 202 g/mol. The van der Waals surface area contributed by atoms with Gasteiger partial charge in [0.1, 0.15) is 16.3 Å². The molecule has 0 heterocycles. The fourth-order valence-corrected chi connectivity index (χ4v) is 1.17. The van der Waals surface area contributed by atoms with E-state index < -0.39 is 11.7 Å². The van der Waals surface area contributed by atoms with Crippen molar-refractivity contribution in [2.75, 3.05) is 0 Å². The van der Waals surface area contributed by atoms with Crippen molar-refractivity contribution < 1.29 is 20.1 Å². The third kappa shape index (κ3) is 1.53. The quantitative estimate of drug-likeness (QED) is 0.649. The summed E-state index contributed by atoms with van der Waals surface area (Å²) in [5, 5.41) is 26.7. The fourth-order valence-electron chi connectivity index (χ4n) is 0.920. The van der Waals surface area contributed by atoms with E-state index >= 15 is 0 Å². The summed E-state index contributed by atoms with van der Waals surface area (Å²) in [4.78, 5) is 10.5. The SMILES string of the molecule is Cc1cc(C(=O)O)c(O)c(Cl)c1O. The molecule has 0 radical (unpaired) electrons. The molecule has 0 fully saturated rings. The molecule has 0 unspecified atom stereocenters. The molecule has 4 nitrogen and oxygen atoms in total. The van der Waals surface area contributed by atoms with E-state index in [1.807, 2.05) is 0 Å². The van der Waals surface area contributed by atoms with Crippen molar-refractivity contribution in [1.29, 1.82) is 0 Å². The van der Waals surface area contributed by atoms with E-state index in [1.165, 1.54) is 6.92 Å². The molecule has 0 saturated heterocycles. The van der Waals surface area contributed by atoms with Crippen LogP contribution in [0.4, 0.5) is 0 Å². The third-order valence-electron chi connectivity index (χ3n) is 1.64. The fraction of sp³-hybridized carbons (Fsp3) is 0.125. The number of phenolic OH excluding ortho intramolecular Hbond substituents is 1. The number of aromatic carboxylic acids is 1. The molecule has 3 N–H and O–H groups in total. The number of halogens is 1. The van der Waals surface area contributed by atoms with Gasteiger partial charge in [0.25, 0.3) is 0 Å². The van der Waals surface area contributed by atoms with Gasteiger partial charge in [-0.1, -0.05) is 11.6 Å². The molecule has 0 bridgehead atoms. The topological polar surface area (TPSA) is 77.8 Å². The Bertz CT molecular complexity index is 373. The molecule has 1 aromatic carbocycles. The van der Waals surface area contributed by atoms with Crippen LogP contribution in [0.5, 0.6) is 11.5 Å². The molecule has 0 spiro atoms. The number of rotatable bonds is 1. The van der Waals surface area contributed by atoms with Crippen LogP contribution in [0.25, 0.3) is 0 Å². The van der Waals surface area contributed by atoms with Crippen molar-refractivity contribution in [1.82, 2.24) is 0 Å². The molecular weight excluding hydrogens is 196 g/mol. The maximum absolute atomic E-state index is 10.5. The number of carboxylic acid groups (broad SMARTS) is 1. The van der Waals surface area contributed by atoms with Gasteiger partial charge in [0.2, 0.25) is 0 Å². The van der Waals surface area contributed by atoms with Crippen molar-refractivity contribution in [2.45, 2.75) is 6.92 Å². The van der Waals surface area contributed by atoms with E-state index in [1.54, 1.807) is 0 Å². The lowest BCUT2D eigenvalue weighted by Crippen LogP contribution is -1.98. The van der Waals surface area contributed by atoms with Gasteiger partial charge in [0, 0.05) is 0 Å². The highest BCUT2D eigenvalue weighted by Crippen LogP contribution is 2.37. The standard InChI is InChI=1S/C8H7ClO4/c1-3-2-4(8(12)13)7(11)5(9)6(3)10/h2,10-11H,1H3,(H,12,13). The molecule has 0 aliphatic heterocycles. The van der Waals surface area contributed by atoms with Crippen molar-refractivity contribution in [3.05, 3.63) is 22.2 Å². The van der Waals surface area contributed by atoms with Gasteiger partial charge >= 0.3 is 5.97 Å². The molecule has 0 aliphatic carbocycles. The van der Waals surface area contributed by atoms with E-state index in [0.29, 0.717) is 5.56 Å². The highest BCUT2D eigenvalue weighted by atomic mass is 35.5. The molecule has 0 aliphatic rings. The van der Waals surface area contributed by atoms with Crippen molar-refractivity contribution in [2.24, 2.45) is 0 Å². The van der Waals surface area contributed by atoms with Crippen LogP contribution in [0.3, 0.4) is 0 Å². The second-order valence-electron chi connectivity index (χ2n) is 2.56.